The number of likely N-dealkylation sites (N-methyl/N-ethyl adjacent to an activating group) is 1. The van der Waals surface area contributed by atoms with E-state index in [-0.39, 0.29) is 0 Å². The lowest BCUT2D eigenvalue weighted by Gasteiger charge is -2.43. The summed E-state index contributed by atoms with van der Waals surface area (Å²) >= 11 is 6.03. The predicted octanol–water partition coefficient (Wildman–Crippen LogP) is 3.68. The molecule has 0 bridgehead atoms. The van der Waals surface area contributed by atoms with Crippen molar-refractivity contribution in [2.45, 2.75) is 39.2 Å². The molecule has 7 nitrogen and oxygen atoms in total. The quantitative estimate of drug-likeness (QED) is 0.501. The van der Waals surface area contributed by atoms with Crippen LogP contribution in [0.2, 0.25) is 5.15 Å². The van der Waals surface area contributed by atoms with E-state index in [4.69, 9.17) is 11.6 Å². The van der Waals surface area contributed by atoms with Gasteiger partial charge in [0.2, 0.25) is 0 Å². The number of nitrogens with zero attached hydrogens (tertiary/aromatic N) is 3. The van der Waals surface area contributed by atoms with Crippen LogP contribution in [0.15, 0.2) is 24.4 Å². The standard InChI is InChI=1S/C23H34ClN5.C4H10N2/c1-4-18-14-22(17(2)13-21(18)26-19-15-23(24)25-16-19)29-7-5-20(6-8-29)28-11-9-27(3)10-12-28;1-2-6-4-3-5-1/h13-16,20,25-26H,4-12H2,1-3H3;5-6H,1-4H2. The zero-order valence-corrected chi connectivity index (χ0v) is 22.6. The highest BCUT2D eigenvalue weighted by Crippen LogP contribution is 2.33. The average Bonchev–Trinajstić information content (AvgIpc) is 3.31. The van der Waals surface area contributed by atoms with E-state index >= 15 is 0 Å². The first kappa shape index (κ1) is 26.3. The van der Waals surface area contributed by atoms with Gasteiger partial charge in [0.25, 0.3) is 0 Å². The van der Waals surface area contributed by atoms with E-state index in [1.807, 2.05) is 12.3 Å². The van der Waals surface area contributed by atoms with Crippen LogP contribution in [0.5, 0.6) is 0 Å². The monoisotopic (exact) mass is 501 g/mol. The molecule has 0 spiro atoms. The fourth-order valence-electron chi connectivity index (χ4n) is 5.35. The Morgan fingerprint density at radius 1 is 0.943 bits per heavy atom. The summed E-state index contributed by atoms with van der Waals surface area (Å²) in [6.45, 7) is 16.2. The van der Waals surface area contributed by atoms with Gasteiger partial charge < -0.3 is 30.7 Å². The Hall–Kier alpha value is -1.77. The predicted molar refractivity (Wildman–Crippen MR) is 150 cm³/mol. The molecule has 0 radical (unpaired) electrons. The molecule has 3 saturated heterocycles. The van der Waals surface area contributed by atoms with Gasteiger partial charge in [-0.3, -0.25) is 4.90 Å². The molecule has 194 valence electrons. The normalized spacial score (nSPS) is 20.4. The molecule has 4 N–H and O–H groups in total. The molecule has 1 aromatic carbocycles. The van der Waals surface area contributed by atoms with Crippen molar-refractivity contribution in [3.63, 3.8) is 0 Å². The molecule has 2 aromatic rings. The highest BCUT2D eigenvalue weighted by atomic mass is 35.5. The minimum absolute atomic E-state index is 0.655. The largest absolute Gasteiger partial charge is 0.371 e. The van der Waals surface area contributed by atoms with Gasteiger partial charge >= 0.3 is 0 Å². The third kappa shape index (κ3) is 7.37. The van der Waals surface area contributed by atoms with Crippen molar-refractivity contribution >= 4 is 28.7 Å². The van der Waals surface area contributed by atoms with Gasteiger partial charge in [0.15, 0.2) is 0 Å². The topological polar surface area (TPSA) is 61.6 Å². The van der Waals surface area contributed by atoms with Gasteiger partial charge in [-0.05, 0) is 62.6 Å². The van der Waals surface area contributed by atoms with Crippen LogP contribution in [-0.4, -0.2) is 93.3 Å². The second-order valence-electron chi connectivity index (χ2n) is 10.1. The molecule has 0 aliphatic carbocycles. The second-order valence-corrected chi connectivity index (χ2v) is 10.5. The Morgan fingerprint density at radius 3 is 2.14 bits per heavy atom. The summed E-state index contributed by atoms with van der Waals surface area (Å²) in [4.78, 5) is 10.8. The molecule has 35 heavy (non-hydrogen) atoms. The first-order valence-electron chi connectivity index (χ1n) is 13.4. The van der Waals surface area contributed by atoms with Gasteiger partial charge in [-0.15, -0.1) is 0 Å². The van der Waals surface area contributed by atoms with Crippen LogP contribution >= 0.6 is 11.6 Å². The Balaban J connectivity index is 0.000000421. The van der Waals surface area contributed by atoms with E-state index in [0.717, 1.165) is 57.4 Å². The number of aryl methyl sites for hydroxylation is 2. The zero-order valence-electron chi connectivity index (χ0n) is 21.8. The van der Waals surface area contributed by atoms with Crippen LogP contribution in [-0.2, 0) is 6.42 Å². The number of hydrogen-bond acceptors (Lipinski definition) is 6. The molecule has 0 amide bonds. The van der Waals surface area contributed by atoms with E-state index in [2.05, 4.69) is 68.7 Å². The van der Waals surface area contributed by atoms with Gasteiger partial charge in [-0.1, -0.05) is 18.5 Å². The number of nitrogens with one attached hydrogen (secondary N) is 4. The van der Waals surface area contributed by atoms with Crippen molar-refractivity contribution in [3.05, 3.63) is 40.7 Å². The maximum Gasteiger partial charge on any atom is 0.108 e. The van der Waals surface area contributed by atoms with E-state index in [1.165, 1.54) is 61.5 Å². The first-order chi connectivity index (χ1) is 17.0. The smallest absolute Gasteiger partial charge is 0.108 e. The molecule has 3 fully saturated rings. The third-order valence-electron chi connectivity index (χ3n) is 7.55. The van der Waals surface area contributed by atoms with Gasteiger partial charge in [0.05, 0.1) is 5.69 Å². The van der Waals surface area contributed by atoms with Crippen LogP contribution in [0.4, 0.5) is 17.1 Å². The summed E-state index contributed by atoms with van der Waals surface area (Å²) in [6, 6.07) is 7.36. The van der Waals surface area contributed by atoms with Crippen LogP contribution < -0.4 is 20.9 Å². The van der Waals surface area contributed by atoms with Crippen LogP contribution in [0.25, 0.3) is 0 Å². The first-order valence-corrected chi connectivity index (χ1v) is 13.7. The molecule has 5 rings (SSSR count). The number of aromatic amines is 1. The third-order valence-corrected chi connectivity index (χ3v) is 7.76. The molecule has 3 aliphatic rings. The van der Waals surface area contributed by atoms with E-state index < -0.39 is 0 Å². The lowest BCUT2D eigenvalue weighted by Crippen LogP contribution is -2.52. The molecule has 3 aliphatic heterocycles. The summed E-state index contributed by atoms with van der Waals surface area (Å²) < 4.78 is 0. The Morgan fingerprint density at radius 2 is 1.60 bits per heavy atom. The molecular formula is C27H44ClN7. The summed E-state index contributed by atoms with van der Waals surface area (Å²) in [6.07, 6.45) is 5.46. The van der Waals surface area contributed by atoms with Crippen molar-refractivity contribution in [3.8, 4) is 0 Å². The van der Waals surface area contributed by atoms with Gasteiger partial charge in [-0.2, -0.15) is 0 Å². The number of H-pyrrole nitrogens is 1. The molecule has 0 unspecified atom stereocenters. The summed E-state index contributed by atoms with van der Waals surface area (Å²) in [5, 5.41) is 10.6. The number of piperidine rings is 1. The number of halogens is 1. The zero-order chi connectivity index (χ0) is 24.6. The second kappa shape index (κ2) is 13.0. The van der Waals surface area contributed by atoms with E-state index in [1.54, 1.807) is 0 Å². The van der Waals surface area contributed by atoms with Gasteiger partial charge in [-0.25, -0.2) is 0 Å². The highest BCUT2D eigenvalue weighted by molar-refractivity contribution is 6.29. The summed E-state index contributed by atoms with van der Waals surface area (Å²) in [5.74, 6) is 0. The summed E-state index contributed by atoms with van der Waals surface area (Å²) in [5.41, 5.74) is 6.27. The van der Waals surface area contributed by atoms with Gasteiger partial charge in [0, 0.05) is 89.1 Å². The maximum absolute atomic E-state index is 6.03. The van der Waals surface area contributed by atoms with Crippen molar-refractivity contribution in [1.82, 2.24) is 25.4 Å². The number of benzene rings is 1. The molecule has 8 heteroatoms. The van der Waals surface area contributed by atoms with Crippen molar-refractivity contribution in [2.75, 3.05) is 82.7 Å². The maximum atomic E-state index is 6.03. The van der Waals surface area contributed by atoms with Crippen LogP contribution in [0, 0.1) is 6.92 Å². The van der Waals surface area contributed by atoms with Crippen molar-refractivity contribution < 1.29 is 0 Å². The number of hydrogen-bond donors (Lipinski definition) is 4. The highest BCUT2D eigenvalue weighted by Gasteiger charge is 2.27. The Kier molecular flexibility index (Phi) is 9.75. The SMILES string of the molecule is C1CNCCN1.CCc1cc(N2CCC(N3CCN(C)CC3)CC2)c(C)cc1Nc1c[nH]c(Cl)c1. The fraction of sp³-hybridized carbons (Fsp3) is 0.630. The minimum Gasteiger partial charge on any atom is -0.371 e. The molecule has 4 heterocycles. The fourth-order valence-corrected chi connectivity index (χ4v) is 5.52. The summed E-state index contributed by atoms with van der Waals surface area (Å²) in [7, 11) is 2.23. The van der Waals surface area contributed by atoms with Gasteiger partial charge in [0.1, 0.15) is 5.15 Å². The van der Waals surface area contributed by atoms with Crippen LogP contribution in [0.3, 0.4) is 0 Å². The minimum atomic E-state index is 0.655. The molecule has 0 saturated carbocycles. The average molecular weight is 502 g/mol. The number of anilines is 3. The van der Waals surface area contributed by atoms with E-state index in [9.17, 15) is 0 Å². The number of rotatable bonds is 5. The number of aromatic nitrogens is 1. The number of piperazine rings is 2. The van der Waals surface area contributed by atoms with E-state index in [0.29, 0.717) is 5.15 Å². The molecule has 1 aromatic heterocycles. The van der Waals surface area contributed by atoms with Crippen molar-refractivity contribution in [2.24, 2.45) is 0 Å². The van der Waals surface area contributed by atoms with Crippen molar-refractivity contribution in [1.29, 1.82) is 0 Å². The Bertz CT molecular complexity index is 899. The molecular weight excluding hydrogens is 458 g/mol. The lowest BCUT2D eigenvalue weighted by atomic mass is 9.99. The Labute approximate surface area is 216 Å². The lowest BCUT2D eigenvalue weighted by molar-refractivity contribution is 0.0982. The molecule has 0 atom stereocenters. The van der Waals surface area contributed by atoms with Crippen LogP contribution in [0.1, 0.15) is 30.9 Å².